The smallest absolute Gasteiger partial charge is 0.280 e. The molecule has 0 bridgehead atoms. The van der Waals surface area contributed by atoms with E-state index < -0.39 is 36.1 Å². The molecule has 0 aliphatic rings. The van der Waals surface area contributed by atoms with Gasteiger partial charge in [0.25, 0.3) is 21.4 Å². The van der Waals surface area contributed by atoms with Crippen molar-refractivity contribution in [3.05, 3.63) is 74.1 Å². The predicted molar refractivity (Wildman–Crippen MR) is 126 cm³/mol. The second kappa shape index (κ2) is 9.27. The van der Waals surface area contributed by atoms with Crippen molar-refractivity contribution in [1.82, 2.24) is 9.97 Å². The van der Waals surface area contributed by atoms with Crippen LogP contribution in [0.15, 0.2) is 47.4 Å². The van der Waals surface area contributed by atoms with E-state index in [2.05, 4.69) is 20.0 Å². The number of hydrogen-bond acceptors (Lipinski definition) is 10. The minimum atomic E-state index is -4.34. The van der Waals surface area contributed by atoms with E-state index in [-0.39, 0.29) is 11.3 Å². The molecule has 0 amide bonds. The monoisotopic (exact) mass is 487 g/mol. The summed E-state index contributed by atoms with van der Waals surface area (Å²) in [5.74, 6) is 1.82. The number of nitrogens with one attached hydrogen (secondary N) is 2. The molecule has 1 aromatic heterocycles. The lowest BCUT2D eigenvalue weighted by atomic mass is 10.1. The molecule has 0 radical (unpaired) electrons. The fraction of sp³-hybridized carbons (Fsp3) is 0.200. The van der Waals surface area contributed by atoms with E-state index in [1.165, 1.54) is 19.1 Å². The molecule has 178 valence electrons. The summed E-state index contributed by atoms with van der Waals surface area (Å²) < 4.78 is 27.8. The molecule has 3 rings (SSSR count). The number of anilines is 4. The molecule has 0 aliphatic carbocycles. The minimum Gasteiger partial charge on any atom is -0.363 e. The van der Waals surface area contributed by atoms with Crippen LogP contribution >= 0.6 is 0 Å². The quantitative estimate of drug-likeness (QED) is 0.353. The highest BCUT2D eigenvalue weighted by atomic mass is 32.2. The van der Waals surface area contributed by atoms with Gasteiger partial charge in [0.15, 0.2) is 0 Å². The lowest BCUT2D eigenvalue weighted by molar-refractivity contribution is -0.395. The molecule has 34 heavy (non-hydrogen) atoms. The number of benzene rings is 2. The molecule has 0 fully saturated rings. The topological polar surface area (TPSA) is 174 Å². The van der Waals surface area contributed by atoms with E-state index in [1.807, 2.05) is 19.0 Å². The molecule has 14 heteroatoms. The summed E-state index contributed by atoms with van der Waals surface area (Å²) in [6.45, 7) is 2.95. The molecule has 0 saturated heterocycles. The van der Waals surface area contributed by atoms with Gasteiger partial charge in [-0.1, -0.05) is 0 Å². The van der Waals surface area contributed by atoms with Crippen LogP contribution < -0.4 is 14.9 Å². The van der Waals surface area contributed by atoms with Crippen LogP contribution in [0.3, 0.4) is 0 Å². The first kappa shape index (κ1) is 24.3. The van der Waals surface area contributed by atoms with Gasteiger partial charge in [-0.15, -0.1) is 0 Å². The SMILES string of the molecule is Cc1nc(Nc2ccc(NS(=O)(=O)c3cc([N+](=O)[O-])c(C)c([N+](=O)[O-])c3)cc2)cc(N(C)C)n1. The van der Waals surface area contributed by atoms with Gasteiger partial charge in [-0.25, -0.2) is 18.4 Å². The molecule has 0 spiro atoms. The number of nitrogens with zero attached hydrogens (tertiary/aromatic N) is 5. The summed E-state index contributed by atoms with van der Waals surface area (Å²) in [6.07, 6.45) is 0. The Morgan fingerprint density at radius 2 is 1.41 bits per heavy atom. The summed E-state index contributed by atoms with van der Waals surface area (Å²) >= 11 is 0. The zero-order valence-electron chi connectivity index (χ0n) is 18.6. The Hall–Kier alpha value is -4.33. The van der Waals surface area contributed by atoms with Crippen LogP contribution in [0.2, 0.25) is 0 Å². The van der Waals surface area contributed by atoms with Gasteiger partial charge in [0, 0.05) is 43.7 Å². The number of aromatic nitrogens is 2. The van der Waals surface area contributed by atoms with Crippen molar-refractivity contribution in [1.29, 1.82) is 0 Å². The Morgan fingerprint density at radius 1 is 0.882 bits per heavy atom. The van der Waals surface area contributed by atoms with Crippen LogP contribution in [0.4, 0.5) is 34.4 Å². The van der Waals surface area contributed by atoms with E-state index in [0.717, 1.165) is 12.1 Å². The third kappa shape index (κ3) is 5.35. The molecule has 2 aromatic carbocycles. The number of sulfonamides is 1. The number of aryl methyl sites for hydroxylation is 1. The highest BCUT2D eigenvalue weighted by molar-refractivity contribution is 7.92. The first-order chi connectivity index (χ1) is 15.9. The van der Waals surface area contributed by atoms with Crippen molar-refractivity contribution in [3.8, 4) is 0 Å². The summed E-state index contributed by atoms with van der Waals surface area (Å²) in [5.41, 5.74) is -0.781. The lowest BCUT2D eigenvalue weighted by Crippen LogP contribution is -2.14. The van der Waals surface area contributed by atoms with Gasteiger partial charge in [-0.3, -0.25) is 25.0 Å². The average Bonchev–Trinajstić information content (AvgIpc) is 2.74. The first-order valence-corrected chi connectivity index (χ1v) is 11.2. The number of hydrogen-bond donors (Lipinski definition) is 2. The number of nitro groups is 2. The normalized spacial score (nSPS) is 11.1. The van der Waals surface area contributed by atoms with Crippen molar-refractivity contribution in [2.75, 3.05) is 29.0 Å². The van der Waals surface area contributed by atoms with Crippen molar-refractivity contribution in [2.24, 2.45) is 0 Å². The van der Waals surface area contributed by atoms with Crippen molar-refractivity contribution >= 4 is 44.4 Å². The van der Waals surface area contributed by atoms with Gasteiger partial charge in [0.05, 0.1) is 9.85 Å². The summed E-state index contributed by atoms with van der Waals surface area (Å²) in [7, 11) is -0.638. The fourth-order valence-electron chi connectivity index (χ4n) is 3.02. The van der Waals surface area contributed by atoms with Crippen LogP contribution in [-0.4, -0.2) is 42.3 Å². The molecular formula is C20H21N7O6S. The zero-order chi connectivity index (χ0) is 25.2. The Morgan fingerprint density at radius 3 is 1.91 bits per heavy atom. The number of nitro benzene ring substituents is 2. The van der Waals surface area contributed by atoms with Crippen LogP contribution in [-0.2, 0) is 10.0 Å². The maximum absolute atomic E-state index is 12.8. The van der Waals surface area contributed by atoms with Crippen LogP contribution in [0.1, 0.15) is 11.4 Å². The van der Waals surface area contributed by atoms with E-state index in [4.69, 9.17) is 0 Å². The summed E-state index contributed by atoms with van der Waals surface area (Å²) in [4.78, 5) is 30.6. The van der Waals surface area contributed by atoms with Crippen LogP contribution in [0.25, 0.3) is 0 Å². The van der Waals surface area contributed by atoms with Crippen molar-refractivity contribution < 1.29 is 18.3 Å². The minimum absolute atomic E-state index is 0.157. The van der Waals surface area contributed by atoms with Gasteiger partial charge in [0.1, 0.15) is 27.9 Å². The second-order valence-electron chi connectivity index (χ2n) is 7.46. The maximum Gasteiger partial charge on any atom is 0.280 e. The zero-order valence-corrected chi connectivity index (χ0v) is 19.5. The molecule has 3 aromatic rings. The number of rotatable bonds is 8. The molecular weight excluding hydrogens is 466 g/mol. The van der Waals surface area contributed by atoms with Gasteiger partial charge in [-0.2, -0.15) is 0 Å². The predicted octanol–water partition coefficient (Wildman–Crippen LogP) is 3.52. The van der Waals surface area contributed by atoms with E-state index in [9.17, 15) is 28.6 Å². The largest absolute Gasteiger partial charge is 0.363 e. The van der Waals surface area contributed by atoms with Gasteiger partial charge in [-0.05, 0) is 38.1 Å². The van der Waals surface area contributed by atoms with Crippen molar-refractivity contribution in [2.45, 2.75) is 18.7 Å². The highest BCUT2D eigenvalue weighted by Gasteiger charge is 2.28. The third-order valence-electron chi connectivity index (χ3n) is 4.72. The van der Waals surface area contributed by atoms with Gasteiger partial charge >= 0.3 is 0 Å². The summed E-state index contributed by atoms with van der Waals surface area (Å²) in [6, 6.07) is 9.48. The fourth-order valence-corrected chi connectivity index (χ4v) is 4.12. The standard InChI is InChI=1S/C20H21N7O6S/c1-12-17(26(28)29)9-16(10-18(12)27(30)31)34(32,33)24-15-7-5-14(6-8-15)23-19-11-20(25(3)4)22-13(2)21-19/h5-11,24H,1-4H3,(H,21,22,23). The molecule has 0 aliphatic heterocycles. The molecule has 13 nitrogen and oxygen atoms in total. The second-order valence-corrected chi connectivity index (χ2v) is 9.14. The Labute approximate surface area is 194 Å². The maximum atomic E-state index is 12.8. The van der Waals surface area contributed by atoms with Crippen molar-refractivity contribution in [3.63, 3.8) is 0 Å². The Bertz CT molecular complexity index is 1340. The van der Waals surface area contributed by atoms with Gasteiger partial charge in [0.2, 0.25) is 0 Å². The van der Waals surface area contributed by atoms with E-state index in [1.54, 1.807) is 25.1 Å². The molecule has 0 saturated carbocycles. The molecule has 1 heterocycles. The Kier molecular flexibility index (Phi) is 6.63. The Balaban J connectivity index is 1.85. The molecule has 0 unspecified atom stereocenters. The van der Waals surface area contributed by atoms with Crippen LogP contribution in [0, 0.1) is 34.1 Å². The lowest BCUT2D eigenvalue weighted by Gasteiger charge is -2.14. The molecule has 0 atom stereocenters. The first-order valence-electron chi connectivity index (χ1n) is 9.73. The average molecular weight is 487 g/mol. The van der Waals surface area contributed by atoms with E-state index >= 15 is 0 Å². The van der Waals surface area contributed by atoms with E-state index in [0.29, 0.717) is 23.1 Å². The third-order valence-corrected chi connectivity index (χ3v) is 6.08. The summed E-state index contributed by atoms with van der Waals surface area (Å²) in [5, 5.41) is 25.6. The highest BCUT2D eigenvalue weighted by Crippen LogP contribution is 2.32. The molecule has 2 N–H and O–H groups in total. The van der Waals surface area contributed by atoms with Crippen LogP contribution in [0.5, 0.6) is 0 Å². The van der Waals surface area contributed by atoms with Gasteiger partial charge < -0.3 is 10.2 Å².